The fourth-order valence-electron chi connectivity index (χ4n) is 4.54. The Morgan fingerprint density at radius 2 is 1.76 bits per heavy atom. The van der Waals surface area contributed by atoms with Crippen LogP contribution in [0.4, 0.5) is 0 Å². The minimum Gasteiger partial charge on any atom is -0.486 e. The van der Waals surface area contributed by atoms with Crippen LogP contribution in [0.1, 0.15) is 31.7 Å². The van der Waals surface area contributed by atoms with Crippen molar-refractivity contribution in [1.82, 2.24) is 9.62 Å². The lowest BCUT2D eigenvalue weighted by molar-refractivity contribution is -0.128. The van der Waals surface area contributed by atoms with E-state index in [0.29, 0.717) is 57.3 Å². The Balaban J connectivity index is 1.50. The second-order valence-corrected chi connectivity index (χ2v) is 10.4. The molecule has 9 heteroatoms. The summed E-state index contributed by atoms with van der Waals surface area (Å²) in [5, 5.41) is 3.05. The van der Waals surface area contributed by atoms with Crippen molar-refractivity contribution >= 4 is 15.9 Å². The molecule has 0 bridgehead atoms. The first-order chi connectivity index (χ1) is 16.5. The van der Waals surface area contributed by atoms with E-state index in [-0.39, 0.29) is 23.9 Å². The van der Waals surface area contributed by atoms with E-state index in [0.717, 1.165) is 12.0 Å². The molecule has 0 unspecified atom stereocenters. The van der Waals surface area contributed by atoms with Crippen LogP contribution in [0.25, 0.3) is 0 Å². The van der Waals surface area contributed by atoms with Gasteiger partial charge in [0, 0.05) is 38.9 Å². The number of benzene rings is 2. The Morgan fingerprint density at radius 3 is 2.47 bits per heavy atom. The number of nitrogens with one attached hydrogen (secondary N) is 1. The monoisotopic (exact) mass is 488 g/mol. The van der Waals surface area contributed by atoms with E-state index in [9.17, 15) is 13.2 Å². The molecule has 0 atom stereocenters. The van der Waals surface area contributed by atoms with Crippen molar-refractivity contribution in [1.29, 1.82) is 0 Å². The summed E-state index contributed by atoms with van der Waals surface area (Å²) in [4.78, 5) is 13.6. The number of carbonyl (C=O) groups is 1. The summed E-state index contributed by atoms with van der Waals surface area (Å²) in [6, 6.07) is 14.3. The largest absolute Gasteiger partial charge is 0.486 e. The van der Waals surface area contributed by atoms with Crippen molar-refractivity contribution in [2.45, 2.75) is 36.5 Å². The van der Waals surface area contributed by atoms with E-state index in [1.54, 1.807) is 12.1 Å². The fourth-order valence-corrected chi connectivity index (χ4v) is 5.99. The third-order valence-corrected chi connectivity index (χ3v) is 8.34. The average molecular weight is 489 g/mol. The van der Waals surface area contributed by atoms with Crippen LogP contribution < -0.4 is 14.8 Å². The van der Waals surface area contributed by atoms with Gasteiger partial charge in [0.2, 0.25) is 15.9 Å². The number of fused-ring (bicyclic) bond motifs is 1. The van der Waals surface area contributed by atoms with Crippen LogP contribution in [0.5, 0.6) is 11.5 Å². The highest BCUT2D eigenvalue weighted by Gasteiger charge is 2.45. The lowest BCUT2D eigenvalue weighted by atomic mass is 9.72. The Labute approximate surface area is 201 Å². The van der Waals surface area contributed by atoms with Crippen LogP contribution in [-0.4, -0.2) is 64.7 Å². The summed E-state index contributed by atoms with van der Waals surface area (Å²) in [5.41, 5.74) is 0.139. The van der Waals surface area contributed by atoms with Gasteiger partial charge in [-0.15, -0.1) is 0 Å². The number of carbonyl (C=O) groups excluding carboxylic acids is 1. The summed E-state index contributed by atoms with van der Waals surface area (Å²) in [5.74, 6) is 0.925. The molecule has 0 aromatic heterocycles. The number of hydrogen-bond acceptors (Lipinski definition) is 6. The normalized spacial score (nSPS) is 17.8. The van der Waals surface area contributed by atoms with Crippen LogP contribution >= 0.6 is 0 Å². The highest BCUT2D eigenvalue weighted by atomic mass is 32.2. The van der Waals surface area contributed by atoms with Gasteiger partial charge in [-0.25, -0.2) is 8.42 Å². The second-order valence-electron chi connectivity index (χ2n) is 8.46. The summed E-state index contributed by atoms with van der Waals surface area (Å²) in [7, 11) is -3.73. The molecule has 1 amide bonds. The number of hydrogen-bond donors (Lipinski definition) is 1. The zero-order chi connectivity index (χ0) is 24.0. The van der Waals surface area contributed by atoms with Gasteiger partial charge in [-0.2, -0.15) is 4.31 Å². The molecule has 2 aromatic rings. The van der Waals surface area contributed by atoms with Gasteiger partial charge in [0.1, 0.15) is 13.2 Å². The molecule has 8 nitrogen and oxygen atoms in total. The van der Waals surface area contributed by atoms with E-state index >= 15 is 0 Å². The highest BCUT2D eigenvalue weighted by molar-refractivity contribution is 7.89. The van der Waals surface area contributed by atoms with E-state index in [1.807, 2.05) is 37.3 Å². The molecular weight excluding hydrogens is 456 g/mol. The molecule has 0 saturated carbocycles. The first-order valence-corrected chi connectivity index (χ1v) is 13.2. The molecule has 2 aromatic carbocycles. The maximum absolute atomic E-state index is 13.4. The van der Waals surface area contributed by atoms with Crippen LogP contribution in [0.2, 0.25) is 0 Å². The standard InChI is InChI=1S/C25H32N2O6S/c1-2-31-16-6-13-26-24(28)25(20-7-4-3-5-8-20)11-14-27(15-12-25)34(29,30)21-9-10-22-23(19-21)33-18-17-32-22/h3-5,7-10,19H,2,6,11-18H2,1H3,(H,26,28). The number of nitrogens with zero attached hydrogens (tertiary/aromatic N) is 1. The molecule has 4 rings (SSSR count). The minimum absolute atomic E-state index is 0.0634. The molecular formula is C25H32N2O6S. The van der Waals surface area contributed by atoms with Gasteiger partial charge in [-0.1, -0.05) is 30.3 Å². The Kier molecular flexibility index (Phi) is 7.75. The van der Waals surface area contributed by atoms with Gasteiger partial charge in [0.25, 0.3) is 0 Å². The predicted molar refractivity (Wildman–Crippen MR) is 128 cm³/mol. The Hall–Kier alpha value is -2.62. The minimum atomic E-state index is -3.73. The number of piperidine rings is 1. The molecule has 34 heavy (non-hydrogen) atoms. The molecule has 2 aliphatic heterocycles. The first-order valence-electron chi connectivity index (χ1n) is 11.8. The van der Waals surface area contributed by atoms with Crippen molar-refractivity contribution in [2.24, 2.45) is 0 Å². The van der Waals surface area contributed by atoms with Crippen molar-refractivity contribution < 1.29 is 27.4 Å². The maximum Gasteiger partial charge on any atom is 0.243 e. The van der Waals surface area contributed by atoms with Crippen molar-refractivity contribution in [3.8, 4) is 11.5 Å². The molecule has 1 saturated heterocycles. The number of rotatable bonds is 9. The third-order valence-electron chi connectivity index (χ3n) is 6.44. The lowest BCUT2D eigenvalue weighted by Gasteiger charge is -2.40. The lowest BCUT2D eigenvalue weighted by Crippen LogP contribution is -2.53. The van der Waals surface area contributed by atoms with Gasteiger partial charge in [-0.3, -0.25) is 4.79 Å². The quantitative estimate of drug-likeness (QED) is 0.546. The van der Waals surface area contributed by atoms with E-state index < -0.39 is 15.4 Å². The third kappa shape index (κ3) is 5.06. The van der Waals surface area contributed by atoms with Crippen molar-refractivity contribution in [3.63, 3.8) is 0 Å². The summed E-state index contributed by atoms with van der Waals surface area (Å²) >= 11 is 0. The number of amides is 1. The molecule has 2 heterocycles. The fraction of sp³-hybridized carbons (Fsp3) is 0.480. The zero-order valence-electron chi connectivity index (χ0n) is 19.5. The Bertz CT molecular complexity index is 1080. The zero-order valence-corrected chi connectivity index (χ0v) is 20.3. The SMILES string of the molecule is CCOCCCNC(=O)C1(c2ccccc2)CCN(S(=O)(=O)c2ccc3c(c2)OCCO3)CC1. The summed E-state index contributed by atoms with van der Waals surface area (Å²) < 4.78 is 44.6. The van der Waals surface area contributed by atoms with E-state index in [4.69, 9.17) is 14.2 Å². The average Bonchev–Trinajstić information content (AvgIpc) is 2.88. The molecule has 184 valence electrons. The van der Waals surface area contributed by atoms with Crippen LogP contribution in [0.3, 0.4) is 0 Å². The number of ether oxygens (including phenoxy) is 3. The van der Waals surface area contributed by atoms with Gasteiger partial charge < -0.3 is 19.5 Å². The van der Waals surface area contributed by atoms with Gasteiger partial charge in [-0.05, 0) is 43.9 Å². The van der Waals surface area contributed by atoms with Gasteiger partial charge in [0.15, 0.2) is 11.5 Å². The van der Waals surface area contributed by atoms with Crippen LogP contribution in [0.15, 0.2) is 53.4 Å². The molecule has 1 N–H and O–H groups in total. The van der Waals surface area contributed by atoms with Crippen LogP contribution in [0, 0.1) is 0 Å². The Morgan fingerprint density at radius 1 is 1.06 bits per heavy atom. The van der Waals surface area contributed by atoms with Gasteiger partial charge in [0.05, 0.1) is 10.3 Å². The molecule has 0 aliphatic carbocycles. The van der Waals surface area contributed by atoms with E-state index in [1.165, 1.54) is 10.4 Å². The number of sulfonamides is 1. The second kappa shape index (κ2) is 10.8. The predicted octanol–water partition coefficient (Wildman–Crippen LogP) is 2.72. The molecule has 2 aliphatic rings. The molecule has 1 fully saturated rings. The maximum atomic E-state index is 13.4. The smallest absolute Gasteiger partial charge is 0.243 e. The molecule has 0 radical (unpaired) electrons. The van der Waals surface area contributed by atoms with Crippen LogP contribution in [-0.2, 0) is 25.0 Å². The van der Waals surface area contributed by atoms with Gasteiger partial charge >= 0.3 is 0 Å². The van der Waals surface area contributed by atoms with E-state index in [2.05, 4.69) is 5.32 Å². The topological polar surface area (TPSA) is 94.2 Å². The summed E-state index contributed by atoms with van der Waals surface area (Å²) in [6.45, 7) is 5.03. The first kappa shape index (κ1) is 24.5. The van der Waals surface area contributed by atoms with Crippen molar-refractivity contribution in [3.05, 3.63) is 54.1 Å². The summed E-state index contributed by atoms with van der Waals surface area (Å²) in [6.07, 6.45) is 1.53. The van der Waals surface area contributed by atoms with Crippen molar-refractivity contribution in [2.75, 3.05) is 46.1 Å². The molecule has 0 spiro atoms. The highest BCUT2D eigenvalue weighted by Crippen LogP contribution is 2.39.